The van der Waals surface area contributed by atoms with Crippen molar-refractivity contribution >= 4 is 0 Å². The van der Waals surface area contributed by atoms with Gasteiger partial charge in [0.2, 0.25) is 0 Å². The van der Waals surface area contributed by atoms with Gasteiger partial charge in [0.15, 0.2) is 0 Å². The fourth-order valence-corrected chi connectivity index (χ4v) is 2.82. The Balaban J connectivity index is 1.94. The highest BCUT2D eigenvalue weighted by Gasteiger charge is 2.34. The van der Waals surface area contributed by atoms with Crippen molar-refractivity contribution in [3.63, 3.8) is 0 Å². The molecule has 2 saturated heterocycles. The molecular formula is C10H19NO. The number of rotatable bonds is 2. The van der Waals surface area contributed by atoms with E-state index in [4.69, 9.17) is 4.74 Å². The number of ether oxygens (including phenoxy) is 1. The monoisotopic (exact) mass is 169 g/mol. The van der Waals surface area contributed by atoms with E-state index in [9.17, 15) is 0 Å². The van der Waals surface area contributed by atoms with Gasteiger partial charge in [-0.3, -0.25) is 0 Å². The van der Waals surface area contributed by atoms with Crippen LogP contribution in [0.2, 0.25) is 0 Å². The van der Waals surface area contributed by atoms with Gasteiger partial charge in [-0.25, -0.2) is 0 Å². The number of hydrogen-bond donors (Lipinski definition) is 0. The molecule has 2 aliphatic heterocycles. The minimum absolute atomic E-state index is 0.825. The van der Waals surface area contributed by atoms with Gasteiger partial charge in [0.25, 0.3) is 0 Å². The molecule has 2 heteroatoms. The number of methoxy groups -OCH3 is 1. The SMILES string of the molecule is COCC1CCCN2CCCC12. The maximum absolute atomic E-state index is 5.26. The third kappa shape index (κ3) is 1.50. The van der Waals surface area contributed by atoms with Crippen LogP contribution in [0, 0.1) is 5.92 Å². The Hall–Kier alpha value is -0.0800. The smallest absolute Gasteiger partial charge is 0.0505 e. The number of hydrogen-bond acceptors (Lipinski definition) is 2. The second-order valence-corrected chi connectivity index (χ2v) is 4.10. The van der Waals surface area contributed by atoms with Gasteiger partial charge in [0, 0.05) is 13.2 Å². The topological polar surface area (TPSA) is 12.5 Å². The van der Waals surface area contributed by atoms with Crippen molar-refractivity contribution in [3.8, 4) is 0 Å². The summed E-state index contributed by atoms with van der Waals surface area (Å²) in [7, 11) is 1.83. The van der Waals surface area contributed by atoms with Gasteiger partial charge in [0.05, 0.1) is 6.61 Å². The molecule has 2 rings (SSSR count). The highest BCUT2D eigenvalue weighted by atomic mass is 16.5. The fourth-order valence-electron chi connectivity index (χ4n) is 2.82. The van der Waals surface area contributed by atoms with Crippen LogP contribution in [0.4, 0.5) is 0 Å². The molecule has 2 atom stereocenters. The van der Waals surface area contributed by atoms with Crippen molar-refractivity contribution in [2.45, 2.75) is 31.7 Å². The fraction of sp³-hybridized carbons (Fsp3) is 1.00. The highest BCUT2D eigenvalue weighted by molar-refractivity contribution is 4.88. The summed E-state index contributed by atoms with van der Waals surface area (Å²) in [6.45, 7) is 3.65. The zero-order chi connectivity index (χ0) is 8.39. The number of fused-ring (bicyclic) bond motifs is 1. The quantitative estimate of drug-likeness (QED) is 0.621. The summed E-state index contributed by atoms with van der Waals surface area (Å²) in [5, 5.41) is 0. The molecule has 2 fully saturated rings. The van der Waals surface area contributed by atoms with E-state index >= 15 is 0 Å². The molecule has 0 amide bonds. The molecule has 0 aromatic heterocycles. The van der Waals surface area contributed by atoms with Crippen molar-refractivity contribution in [2.75, 3.05) is 26.8 Å². The van der Waals surface area contributed by atoms with Crippen LogP contribution in [0.15, 0.2) is 0 Å². The summed E-state index contributed by atoms with van der Waals surface area (Å²) in [6.07, 6.45) is 5.58. The summed E-state index contributed by atoms with van der Waals surface area (Å²) in [5.41, 5.74) is 0. The second-order valence-electron chi connectivity index (χ2n) is 4.10. The highest BCUT2D eigenvalue weighted by Crippen LogP contribution is 2.31. The Kier molecular flexibility index (Phi) is 2.66. The second kappa shape index (κ2) is 3.75. The van der Waals surface area contributed by atoms with E-state index < -0.39 is 0 Å². The predicted octanol–water partition coefficient (Wildman–Crippen LogP) is 1.51. The summed E-state index contributed by atoms with van der Waals surface area (Å²) in [5.74, 6) is 0.825. The number of nitrogens with zero attached hydrogens (tertiary/aromatic N) is 1. The van der Waals surface area contributed by atoms with Crippen LogP contribution in [0.5, 0.6) is 0 Å². The Morgan fingerprint density at radius 2 is 2.00 bits per heavy atom. The normalized spacial score (nSPS) is 36.8. The molecule has 2 unspecified atom stereocenters. The molecule has 0 aliphatic carbocycles. The molecule has 0 saturated carbocycles. The Morgan fingerprint density at radius 3 is 2.75 bits per heavy atom. The molecular weight excluding hydrogens is 150 g/mol. The maximum Gasteiger partial charge on any atom is 0.0505 e. The molecule has 2 aliphatic rings. The Bertz CT molecular complexity index is 147. The standard InChI is InChI=1S/C10H19NO/c1-12-8-9-4-2-6-11-7-3-5-10(9)11/h9-10H,2-8H2,1H3. The molecule has 12 heavy (non-hydrogen) atoms. The maximum atomic E-state index is 5.26. The van der Waals surface area contributed by atoms with E-state index in [1.807, 2.05) is 7.11 Å². The summed E-state index contributed by atoms with van der Waals surface area (Å²) >= 11 is 0. The third-order valence-corrected chi connectivity index (χ3v) is 3.36. The first-order valence-electron chi connectivity index (χ1n) is 5.15. The zero-order valence-electron chi connectivity index (χ0n) is 7.96. The molecule has 0 bridgehead atoms. The van der Waals surface area contributed by atoms with Gasteiger partial charge in [-0.2, -0.15) is 0 Å². The van der Waals surface area contributed by atoms with Crippen molar-refractivity contribution in [1.82, 2.24) is 4.90 Å². The first kappa shape index (κ1) is 8.52. The van der Waals surface area contributed by atoms with Crippen LogP contribution in [0.3, 0.4) is 0 Å². The predicted molar refractivity (Wildman–Crippen MR) is 49.2 cm³/mol. The average molecular weight is 169 g/mol. The lowest BCUT2D eigenvalue weighted by atomic mass is 9.90. The van der Waals surface area contributed by atoms with Gasteiger partial charge in [-0.05, 0) is 44.7 Å². The van der Waals surface area contributed by atoms with Crippen molar-refractivity contribution in [3.05, 3.63) is 0 Å². The minimum Gasteiger partial charge on any atom is -0.384 e. The molecule has 0 aromatic rings. The lowest BCUT2D eigenvalue weighted by Crippen LogP contribution is -2.42. The van der Waals surface area contributed by atoms with E-state index in [0.29, 0.717) is 0 Å². The van der Waals surface area contributed by atoms with Crippen LogP contribution < -0.4 is 0 Å². The van der Waals surface area contributed by atoms with Crippen molar-refractivity contribution in [2.24, 2.45) is 5.92 Å². The Morgan fingerprint density at radius 1 is 1.25 bits per heavy atom. The lowest BCUT2D eigenvalue weighted by Gasteiger charge is -2.36. The van der Waals surface area contributed by atoms with E-state index in [1.165, 1.54) is 38.8 Å². The van der Waals surface area contributed by atoms with Gasteiger partial charge < -0.3 is 9.64 Å². The number of piperidine rings is 1. The molecule has 2 nitrogen and oxygen atoms in total. The third-order valence-electron chi connectivity index (χ3n) is 3.36. The average Bonchev–Trinajstić information content (AvgIpc) is 2.53. The minimum atomic E-state index is 0.825. The van der Waals surface area contributed by atoms with Crippen LogP contribution in [-0.2, 0) is 4.74 Å². The molecule has 2 heterocycles. The summed E-state index contributed by atoms with van der Waals surface area (Å²) < 4.78 is 5.26. The first-order valence-corrected chi connectivity index (χ1v) is 5.15. The van der Waals surface area contributed by atoms with Crippen LogP contribution >= 0.6 is 0 Å². The summed E-state index contributed by atoms with van der Waals surface area (Å²) in [4.78, 5) is 2.66. The van der Waals surface area contributed by atoms with Crippen molar-refractivity contribution in [1.29, 1.82) is 0 Å². The zero-order valence-corrected chi connectivity index (χ0v) is 7.96. The molecule has 0 N–H and O–H groups in total. The van der Waals surface area contributed by atoms with Gasteiger partial charge in [-0.1, -0.05) is 0 Å². The first-order chi connectivity index (χ1) is 5.92. The lowest BCUT2D eigenvalue weighted by molar-refractivity contribution is 0.0616. The van der Waals surface area contributed by atoms with Gasteiger partial charge in [0.1, 0.15) is 0 Å². The van der Waals surface area contributed by atoms with Crippen LogP contribution in [0.25, 0.3) is 0 Å². The van der Waals surface area contributed by atoms with E-state index in [2.05, 4.69) is 4.90 Å². The van der Waals surface area contributed by atoms with Gasteiger partial charge in [-0.15, -0.1) is 0 Å². The van der Waals surface area contributed by atoms with Gasteiger partial charge >= 0.3 is 0 Å². The molecule has 0 aromatic carbocycles. The van der Waals surface area contributed by atoms with E-state index in [-0.39, 0.29) is 0 Å². The van der Waals surface area contributed by atoms with Crippen molar-refractivity contribution < 1.29 is 4.74 Å². The molecule has 0 radical (unpaired) electrons. The van der Waals surface area contributed by atoms with E-state index in [1.54, 1.807) is 0 Å². The molecule has 70 valence electrons. The van der Waals surface area contributed by atoms with Crippen LogP contribution in [0.1, 0.15) is 25.7 Å². The summed E-state index contributed by atoms with van der Waals surface area (Å²) in [6, 6.07) is 0.860. The van der Waals surface area contributed by atoms with E-state index in [0.717, 1.165) is 18.6 Å². The largest absolute Gasteiger partial charge is 0.384 e. The van der Waals surface area contributed by atoms with Crippen LogP contribution in [-0.4, -0.2) is 37.7 Å². The Labute approximate surface area is 74.9 Å². The molecule has 0 spiro atoms.